The third-order valence-corrected chi connectivity index (χ3v) is 3.51. The lowest BCUT2D eigenvalue weighted by Gasteiger charge is -2.12. The minimum absolute atomic E-state index is 0.0893. The van der Waals surface area contributed by atoms with E-state index in [2.05, 4.69) is 18.5 Å². The minimum atomic E-state index is -0.603. The summed E-state index contributed by atoms with van der Waals surface area (Å²) in [6.07, 6.45) is 4.19. The van der Waals surface area contributed by atoms with Gasteiger partial charge in [0.2, 0.25) is 0 Å². The molecule has 6 heteroatoms. The molecule has 0 aromatic heterocycles. The van der Waals surface area contributed by atoms with Crippen LogP contribution >= 0.6 is 0 Å². The zero-order valence-electron chi connectivity index (χ0n) is 12.7. The van der Waals surface area contributed by atoms with Crippen molar-refractivity contribution in [3.8, 4) is 0 Å². The molecule has 1 heterocycles. The summed E-state index contributed by atoms with van der Waals surface area (Å²) in [5.74, 6) is -0.720. The van der Waals surface area contributed by atoms with Crippen LogP contribution in [0, 0.1) is 6.92 Å². The maximum absolute atomic E-state index is 12.0. The normalized spacial score (nSPS) is 14.5. The molecule has 0 fully saturated rings. The van der Waals surface area contributed by atoms with Crippen LogP contribution in [0.3, 0.4) is 0 Å². The highest BCUT2D eigenvalue weighted by molar-refractivity contribution is 6.46. The zero-order chi connectivity index (χ0) is 17.1. The van der Waals surface area contributed by atoms with Crippen molar-refractivity contribution in [2.75, 3.05) is 12.8 Å². The Kier molecular flexibility index (Phi) is 4.55. The van der Waals surface area contributed by atoms with E-state index in [9.17, 15) is 14.4 Å². The molecule has 0 atom stereocenters. The van der Waals surface area contributed by atoms with Crippen molar-refractivity contribution in [2.24, 2.45) is 4.99 Å². The van der Waals surface area contributed by atoms with E-state index in [-0.39, 0.29) is 17.9 Å². The molecular weight excluding hydrogens is 294 g/mol. The molecule has 1 aliphatic rings. The van der Waals surface area contributed by atoms with E-state index >= 15 is 0 Å². The van der Waals surface area contributed by atoms with Crippen molar-refractivity contribution in [3.05, 3.63) is 54.5 Å². The number of hydrogen-bond acceptors (Lipinski definition) is 4. The van der Waals surface area contributed by atoms with Crippen LogP contribution in [-0.2, 0) is 16.0 Å². The summed E-state index contributed by atoms with van der Waals surface area (Å²) in [5.41, 5.74) is 8.40. The van der Waals surface area contributed by atoms with Gasteiger partial charge in [0.05, 0.1) is 0 Å². The predicted octanol–water partition coefficient (Wildman–Crippen LogP) is 1.79. The molecule has 1 aromatic carbocycles. The van der Waals surface area contributed by atoms with Crippen molar-refractivity contribution >= 4 is 35.2 Å². The maximum Gasteiger partial charge on any atom is 0.350 e. The topological polar surface area (TPSA) is 92.8 Å². The summed E-state index contributed by atoms with van der Waals surface area (Å²) in [5, 5.41) is 0. The molecule has 1 aliphatic heterocycles. The van der Waals surface area contributed by atoms with Crippen molar-refractivity contribution in [1.29, 1.82) is 0 Å². The monoisotopic (exact) mass is 310 g/mol. The molecule has 0 unspecified atom stereocenters. The number of ketones is 1. The second-order valence-electron chi connectivity index (χ2n) is 5.03. The van der Waals surface area contributed by atoms with Gasteiger partial charge in [0.15, 0.2) is 5.78 Å². The molecule has 6 nitrogen and oxygen atoms in total. The van der Waals surface area contributed by atoms with Gasteiger partial charge in [-0.1, -0.05) is 18.7 Å². The van der Waals surface area contributed by atoms with E-state index in [0.717, 1.165) is 4.90 Å². The van der Waals surface area contributed by atoms with Gasteiger partial charge in [0.25, 0.3) is 5.91 Å². The maximum atomic E-state index is 12.0. The number of aliphatic imine (C=N–C) groups is 1. The fourth-order valence-corrected chi connectivity index (χ4v) is 2.17. The molecule has 23 heavy (non-hydrogen) atoms. The number of rotatable bonds is 5. The lowest BCUT2D eigenvalue weighted by Crippen LogP contribution is -2.29. The van der Waals surface area contributed by atoms with Crippen LogP contribution in [0.25, 0.3) is 6.08 Å². The Morgan fingerprint density at radius 3 is 2.65 bits per heavy atom. The number of imide groups is 1. The number of nitrogens with zero attached hydrogens (tertiary/aromatic N) is 2. The average Bonchev–Trinajstić information content (AvgIpc) is 2.77. The first kappa shape index (κ1) is 16.4. The van der Waals surface area contributed by atoms with E-state index in [1.54, 1.807) is 18.2 Å². The van der Waals surface area contributed by atoms with Gasteiger partial charge in [-0.15, -0.1) is 0 Å². The smallest absolute Gasteiger partial charge is 0.350 e. The molecule has 1 aromatic rings. The molecule has 2 rings (SSSR count). The number of nitrogen functional groups attached to an aromatic ring is 1. The summed E-state index contributed by atoms with van der Waals surface area (Å²) in [6, 6.07) is 2.77. The van der Waals surface area contributed by atoms with Crippen molar-refractivity contribution < 1.29 is 14.4 Å². The van der Waals surface area contributed by atoms with Crippen LogP contribution in [0.4, 0.5) is 10.5 Å². The molecule has 3 amide bonds. The van der Waals surface area contributed by atoms with Crippen molar-refractivity contribution in [3.63, 3.8) is 0 Å². The number of carbonyl (C=O) groups is 3. The molecule has 0 aliphatic carbocycles. The van der Waals surface area contributed by atoms with E-state index < -0.39 is 11.9 Å². The predicted molar refractivity (Wildman–Crippen MR) is 88.9 cm³/mol. The van der Waals surface area contributed by atoms with Crippen molar-refractivity contribution in [1.82, 2.24) is 4.90 Å². The van der Waals surface area contributed by atoms with Gasteiger partial charge in [-0.3, -0.25) is 14.5 Å². The highest BCUT2D eigenvalue weighted by Gasteiger charge is 2.30. The van der Waals surface area contributed by atoms with Crippen LogP contribution in [0.5, 0.6) is 0 Å². The summed E-state index contributed by atoms with van der Waals surface area (Å²) in [7, 11) is 1.37. The van der Waals surface area contributed by atoms with Crippen LogP contribution in [0.15, 0.2) is 35.9 Å². The molecule has 117 valence electrons. The number of anilines is 1. The van der Waals surface area contributed by atoms with Crippen LogP contribution in [0.1, 0.15) is 16.7 Å². The van der Waals surface area contributed by atoms with E-state index in [4.69, 9.17) is 5.73 Å². The molecule has 0 saturated heterocycles. The molecule has 0 spiro atoms. The molecular formula is C17H16N3O3. The van der Waals surface area contributed by atoms with Gasteiger partial charge in [0, 0.05) is 19.2 Å². The summed E-state index contributed by atoms with van der Waals surface area (Å²) >= 11 is 0. The highest BCUT2D eigenvalue weighted by Crippen LogP contribution is 2.25. The minimum Gasteiger partial charge on any atom is -0.398 e. The number of allylic oxidation sites excluding steroid dienone is 2. The summed E-state index contributed by atoms with van der Waals surface area (Å²) in [6.45, 7) is 7.30. The Balaban J connectivity index is 2.44. The van der Waals surface area contributed by atoms with E-state index in [1.165, 1.54) is 19.2 Å². The van der Waals surface area contributed by atoms with E-state index in [0.29, 0.717) is 22.4 Å². The molecule has 0 bridgehead atoms. The SMILES string of the molecule is [CH2]c1ccc(N)c(CC2=NC(=O)N(C)C2=O)c1/C=C\C(=O)C=C. The van der Waals surface area contributed by atoms with Crippen LogP contribution in [-0.4, -0.2) is 35.4 Å². The number of urea groups is 1. The van der Waals surface area contributed by atoms with Crippen LogP contribution in [0.2, 0.25) is 0 Å². The third-order valence-electron chi connectivity index (χ3n) is 3.51. The number of hydrogen-bond donors (Lipinski definition) is 1. The number of nitrogens with two attached hydrogens (primary N) is 1. The summed E-state index contributed by atoms with van der Waals surface area (Å²) in [4.78, 5) is 39.5. The average molecular weight is 310 g/mol. The Morgan fingerprint density at radius 1 is 1.39 bits per heavy atom. The first-order chi connectivity index (χ1) is 10.8. The Hall–Kier alpha value is -3.02. The number of benzene rings is 1. The third kappa shape index (κ3) is 3.26. The fourth-order valence-electron chi connectivity index (χ4n) is 2.17. The molecule has 2 N–H and O–H groups in total. The number of carbonyl (C=O) groups excluding carboxylic acids is 3. The van der Waals surface area contributed by atoms with Gasteiger partial charge in [-0.05, 0) is 41.8 Å². The first-order valence-corrected chi connectivity index (χ1v) is 6.82. The quantitative estimate of drug-likeness (QED) is 0.663. The summed E-state index contributed by atoms with van der Waals surface area (Å²) < 4.78 is 0. The molecule has 0 saturated carbocycles. The van der Waals surface area contributed by atoms with Gasteiger partial charge < -0.3 is 5.73 Å². The second-order valence-corrected chi connectivity index (χ2v) is 5.03. The highest BCUT2D eigenvalue weighted by atomic mass is 16.2. The van der Waals surface area contributed by atoms with Crippen LogP contribution < -0.4 is 5.73 Å². The molecule has 1 radical (unpaired) electrons. The largest absolute Gasteiger partial charge is 0.398 e. The standard InChI is InChI=1S/C17H16N3O3/c1-4-11(21)6-7-12-10(2)5-8-14(18)13(12)9-15-16(22)20(3)17(23)19-15/h4-8H,1-2,9,18H2,3H3/b7-6-. The zero-order valence-corrected chi connectivity index (χ0v) is 12.7. The van der Waals surface area contributed by atoms with Gasteiger partial charge in [0.1, 0.15) is 5.71 Å². The van der Waals surface area contributed by atoms with E-state index in [1.807, 2.05) is 0 Å². The Bertz CT molecular complexity index is 776. The second kappa shape index (κ2) is 6.39. The number of amides is 3. The Labute approximate surface area is 134 Å². The Morgan fingerprint density at radius 2 is 2.09 bits per heavy atom. The van der Waals surface area contributed by atoms with Gasteiger partial charge in [-0.2, -0.15) is 4.99 Å². The first-order valence-electron chi connectivity index (χ1n) is 6.82. The lowest BCUT2D eigenvalue weighted by atomic mass is 9.95. The van der Waals surface area contributed by atoms with Gasteiger partial charge in [-0.25, -0.2) is 4.79 Å². The fraction of sp³-hybridized carbons (Fsp3) is 0.118. The van der Waals surface area contributed by atoms with Crippen molar-refractivity contribution in [2.45, 2.75) is 6.42 Å². The van der Waals surface area contributed by atoms with Gasteiger partial charge >= 0.3 is 6.03 Å². The lowest BCUT2D eigenvalue weighted by molar-refractivity contribution is -0.119.